The third-order valence-corrected chi connectivity index (χ3v) is 4.87. The van der Waals surface area contributed by atoms with Crippen LogP contribution in [-0.4, -0.2) is 22.9 Å². The van der Waals surface area contributed by atoms with E-state index in [4.69, 9.17) is 0 Å². The molecule has 0 bridgehead atoms. The number of aromatic carboxylic acids is 1. The van der Waals surface area contributed by atoms with Crippen LogP contribution in [0.5, 0.6) is 0 Å². The van der Waals surface area contributed by atoms with Crippen LogP contribution in [0, 0.1) is 6.92 Å². The van der Waals surface area contributed by atoms with E-state index < -0.39 is 5.97 Å². The number of anilines is 1. The van der Waals surface area contributed by atoms with Gasteiger partial charge in [-0.25, -0.2) is 4.79 Å². The number of carbonyl (C=O) groups excluding carboxylic acids is 1. The highest BCUT2D eigenvalue weighted by molar-refractivity contribution is 6.16. The zero-order valence-corrected chi connectivity index (χ0v) is 14.4. The molecule has 0 aliphatic heterocycles. The van der Waals surface area contributed by atoms with Crippen molar-refractivity contribution in [1.82, 2.24) is 0 Å². The number of carboxylic acids is 1. The van der Waals surface area contributed by atoms with Crippen LogP contribution in [0.3, 0.4) is 0 Å². The van der Waals surface area contributed by atoms with Gasteiger partial charge in [0.2, 0.25) is 0 Å². The highest BCUT2D eigenvalue weighted by atomic mass is 16.4. The van der Waals surface area contributed by atoms with Crippen LogP contribution in [0.1, 0.15) is 63.9 Å². The van der Waals surface area contributed by atoms with Crippen molar-refractivity contribution in [2.75, 3.05) is 5.32 Å². The second-order valence-corrected chi connectivity index (χ2v) is 6.66. The first-order chi connectivity index (χ1) is 12.1. The van der Waals surface area contributed by atoms with Crippen molar-refractivity contribution in [3.63, 3.8) is 0 Å². The summed E-state index contributed by atoms with van der Waals surface area (Å²) in [4.78, 5) is 24.5. The molecule has 2 N–H and O–H groups in total. The van der Waals surface area contributed by atoms with Gasteiger partial charge in [0, 0.05) is 22.9 Å². The van der Waals surface area contributed by atoms with Crippen molar-refractivity contribution in [3.05, 3.63) is 64.7 Å². The number of hydrogen-bond donors (Lipinski definition) is 2. The van der Waals surface area contributed by atoms with Gasteiger partial charge in [-0.05, 0) is 37.5 Å². The molecule has 1 saturated carbocycles. The molecule has 0 unspecified atom stereocenters. The second-order valence-electron chi connectivity index (χ2n) is 6.66. The predicted octanol–water partition coefficient (Wildman–Crippen LogP) is 4.67. The van der Waals surface area contributed by atoms with E-state index in [1.165, 1.54) is 25.3 Å². The van der Waals surface area contributed by atoms with Gasteiger partial charge in [-0.1, -0.05) is 49.6 Å². The zero-order chi connectivity index (χ0) is 17.8. The molecule has 0 aromatic heterocycles. The summed E-state index contributed by atoms with van der Waals surface area (Å²) in [6, 6.07) is 12.4. The second kappa shape index (κ2) is 7.51. The van der Waals surface area contributed by atoms with Crippen LogP contribution in [0.4, 0.5) is 5.69 Å². The van der Waals surface area contributed by atoms with E-state index in [1.54, 1.807) is 24.3 Å². The minimum atomic E-state index is -1.08. The summed E-state index contributed by atoms with van der Waals surface area (Å²) in [6.07, 6.45) is 5.88. The van der Waals surface area contributed by atoms with Crippen LogP contribution in [0.25, 0.3) is 0 Å². The summed E-state index contributed by atoms with van der Waals surface area (Å²) in [6.45, 7) is 1.98. The summed E-state index contributed by atoms with van der Waals surface area (Å²) >= 11 is 0. The van der Waals surface area contributed by atoms with Crippen LogP contribution >= 0.6 is 0 Å². The van der Waals surface area contributed by atoms with Gasteiger partial charge in [0.15, 0.2) is 5.78 Å². The highest BCUT2D eigenvalue weighted by Crippen LogP contribution is 2.28. The summed E-state index contributed by atoms with van der Waals surface area (Å²) < 4.78 is 0. The number of para-hydroxylation sites is 1. The molecular weight excluding hydrogens is 314 g/mol. The number of aryl methyl sites for hydroxylation is 1. The molecule has 0 spiro atoms. The average Bonchev–Trinajstić information content (AvgIpc) is 2.63. The van der Waals surface area contributed by atoms with Crippen molar-refractivity contribution in [3.8, 4) is 0 Å². The number of hydrogen-bond acceptors (Lipinski definition) is 3. The van der Waals surface area contributed by atoms with Gasteiger partial charge in [0.25, 0.3) is 0 Å². The largest absolute Gasteiger partial charge is 0.478 e. The fraction of sp³-hybridized carbons (Fsp3) is 0.333. The van der Waals surface area contributed by atoms with E-state index in [0.717, 1.165) is 24.1 Å². The maximum atomic E-state index is 13.1. The lowest BCUT2D eigenvalue weighted by Crippen LogP contribution is -2.24. The van der Waals surface area contributed by atoms with Gasteiger partial charge in [-0.15, -0.1) is 0 Å². The molecule has 0 amide bonds. The van der Waals surface area contributed by atoms with Crippen LogP contribution < -0.4 is 5.32 Å². The SMILES string of the molecule is Cc1cccc(C(=O)c2ccccc2C(=O)O)c1NC1CCCCC1. The molecule has 2 aromatic rings. The van der Waals surface area contributed by atoms with Crippen molar-refractivity contribution in [2.24, 2.45) is 0 Å². The summed E-state index contributed by atoms with van der Waals surface area (Å²) in [7, 11) is 0. The molecule has 0 atom stereocenters. The standard InChI is InChI=1S/C21H23NO3/c1-14-8-7-13-18(19(14)22-15-9-3-2-4-10-15)20(23)16-11-5-6-12-17(16)21(24)25/h5-8,11-13,15,22H,2-4,9-10H2,1H3,(H,24,25). The van der Waals surface area contributed by atoms with Crippen molar-refractivity contribution in [1.29, 1.82) is 0 Å². The molecule has 3 rings (SSSR count). The topological polar surface area (TPSA) is 66.4 Å². The third-order valence-electron chi connectivity index (χ3n) is 4.87. The Morgan fingerprint density at radius 1 is 0.920 bits per heavy atom. The molecular formula is C21H23NO3. The molecule has 1 aliphatic rings. The fourth-order valence-electron chi connectivity index (χ4n) is 3.51. The van der Waals surface area contributed by atoms with E-state index in [0.29, 0.717) is 11.6 Å². The Bertz CT molecular complexity index is 791. The molecule has 130 valence electrons. The first-order valence-corrected chi connectivity index (χ1v) is 8.81. The quantitative estimate of drug-likeness (QED) is 0.778. The molecule has 1 fully saturated rings. The van der Waals surface area contributed by atoms with Crippen molar-refractivity contribution < 1.29 is 14.7 Å². The lowest BCUT2D eigenvalue weighted by Gasteiger charge is -2.26. The minimum absolute atomic E-state index is 0.0395. The van der Waals surface area contributed by atoms with Gasteiger partial charge >= 0.3 is 5.97 Å². The average molecular weight is 337 g/mol. The summed E-state index contributed by atoms with van der Waals surface area (Å²) in [5, 5.41) is 12.9. The lowest BCUT2D eigenvalue weighted by molar-refractivity contribution is 0.0693. The Morgan fingerprint density at radius 3 is 2.24 bits per heavy atom. The Hall–Kier alpha value is -2.62. The zero-order valence-electron chi connectivity index (χ0n) is 14.4. The Morgan fingerprint density at radius 2 is 1.56 bits per heavy atom. The molecule has 0 radical (unpaired) electrons. The molecule has 4 heteroatoms. The van der Waals surface area contributed by atoms with Crippen LogP contribution in [-0.2, 0) is 0 Å². The smallest absolute Gasteiger partial charge is 0.336 e. The van der Waals surface area contributed by atoms with Crippen LogP contribution in [0.15, 0.2) is 42.5 Å². The number of benzene rings is 2. The van der Waals surface area contributed by atoms with Crippen molar-refractivity contribution >= 4 is 17.4 Å². The monoisotopic (exact) mass is 337 g/mol. The van der Waals surface area contributed by atoms with E-state index in [1.807, 2.05) is 19.1 Å². The number of nitrogens with one attached hydrogen (secondary N) is 1. The van der Waals surface area contributed by atoms with Crippen LogP contribution in [0.2, 0.25) is 0 Å². The summed E-state index contributed by atoms with van der Waals surface area (Å²) in [5.74, 6) is -1.33. The molecule has 0 heterocycles. The Labute approximate surface area is 147 Å². The molecule has 25 heavy (non-hydrogen) atoms. The van der Waals surface area contributed by atoms with Gasteiger partial charge in [0.05, 0.1) is 5.56 Å². The molecule has 1 aliphatic carbocycles. The number of carbonyl (C=O) groups is 2. The van der Waals surface area contributed by atoms with E-state index >= 15 is 0 Å². The number of rotatable bonds is 5. The molecule has 4 nitrogen and oxygen atoms in total. The third kappa shape index (κ3) is 3.73. The van der Waals surface area contributed by atoms with E-state index in [2.05, 4.69) is 5.32 Å². The summed E-state index contributed by atoms with van der Waals surface area (Å²) in [5.41, 5.74) is 2.65. The van der Waals surface area contributed by atoms with Crippen molar-refractivity contribution in [2.45, 2.75) is 45.1 Å². The number of carboxylic acid groups (broad SMARTS) is 1. The first-order valence-electron chi connectivity index (χ1n) is 8.81. The fourth-order valence-corrected chi connectivity index (χ4v) is 3.51. The van der Waals surface area contributed by atoms with E-state index in [9.17, 15) is 14.7 Å². The predicted molar refractivity (Wildman–Crippen MR) is 98.5 cm³/mol. The van der Waals surface area contributed by atoms with Gasteiger partial charge in [-0.2, -0.15) is 0 Å². The van der Waals surface area contributed by atoms with Gasteiger partial charge < -0.3 is 10.4 Å². The normalized spacial score (nSPS) is 14.9. The lowest BCUT2D eigenvalue weighted by atomic mass is 9.92. The first kappa shape index (κ1) is 17.2. The highest BCUT2D eigenvalue weighted by Gasteiger charge is 2.22. The Kier molecular flexibility index (Phi) is 5.17. The minimum Gasteiger partial charge on any atom is -0.478 e. The van der Waals surface area contributed by atoms with E-state index in [-0.39, 0.29) is 16.9 Å². The molecule has 2 aromatic carbocycles. The number of ketones is 1. The van der Waals surface area contributed by atoms with Gasteiger partial charge in [-0.3, -0.25) is 4.79 Å². The maximum Gasteiger partial charge on any atom is 0.336 e. The Balaban J connectivity index is 1.98. The maximum absolute atomic E-state index is 13.1. The molecule has 0 saturated heterocycles. The van der Waals surface area contributed by atoms with Gasteiger partial charge in [0.1, 0.15) is 0 Å².